The molecule has 0 atom stereocenters. The van der Waals surface area contributed by atoms with Crippen LogP contribution in [-0.2, 0) is 9.59 Å². The summed E-state index contributed by atoms with van der Waals surface area (Å²) in [6.07, 6.45) is 3.72. The van der Waals surface area contributed by atoms with Crippen LogP contribution >= 0.6 is 0 Å². The summed E-state index contributed by atoms with van der Waals surface area (Å²) in [4.78, 5) is 26.5. The molecule has 19 heavy (non-hydrogen) atoms. The number of nitrogens with zero attached hydrogens (tertiary/aromatic N) is 2. The lowest BCUT2D eigenvalue weighted by atomic mass is 9.93. The molecule has 5 heteroatoms. The van der Waals surface area contributed by atoms with Crippen molar-refractivity contribution < 1.29 is 14.7 Å². The molecule has 2 aliphatic heterocycles. The highest BCUT2D eigenvalue weighted by atomic mass is 16.4. The summed E-state index contributed by atoms with van der Waals surface area (Å²) in [7, 11) is 0. The second-order valence-corrected chi connectivity index (χ2v) is 5.86. The predicted octanol–water partition coefficient (Wildman–Crippen LogP) is 1.04. The zero-order chi connectivity index (χ0) is 13.8. The number of aliphatic carboxylic acids is 1. The molecule has 0 aromatic carbocycles. The van der Waals surface area contributed by atoms with E-state index < -0.39 is 5.97 Å². The molecule has 108 valence electrons. The molecule has 2 heterocycles. The highest BCUT2D eigenvalue weighted by Gasteiger charge is 2.27. The van der Waals surface area contributed by atoms with Gasteiger partial charge in [-0.05, 0) is 44.7 Å². The second kappa shape index (κ2) is 6.37. The lowest BCUT2D eigenvalue weighted by molar-refractivity contribution is -0.143. The molecule has 0 unspecified atom stereocenters. The Balaban J connectivity index is 1.69. The molecule has 1 amide bonds. The zero-order valence-electron chi connectivity index (χ0n) is 11.7. The summed E-state index contributed by atoms with van der Waals surface area (Å²) in [6.45, 7) is 6.28. The Morgan fingerprint density at radius 3 is 2.11 bits per heavy atom. The summed E-state index contributed by atoms with van der Waals surface area (Å²) < 4.78 is 0. The van der Waals surface area contributed by atoms with Crippen molar-refractivity contribution in [2.24, 2.45) is 11.8 Å². The largest absolute Gasteiger partial charge is 0.481 e. The van der Waals surface area contributed by atoms with Crippen molar-refractivity contribution >= 4 is 11.9 Å². The van der Waals surface area contributed by atoms with E-state index in [0.717, 1.165) is 58.4 Å². The van der Waals surface area contributed by atoms with Crippen LogP contribution in [0.1, 0.15) is 32.6 Å². The van der Waals surface area contributed by atoms with Crippen LogP contribution < -0.4 is 0 Å². The molecule has 5 nitrogen and oxygen atoms in total. The number of amides is 1. The van der Waals surface area contributed by atoms with E-state index in [2.05, 4.69) is 4.90 Å². The molecule has 0 aromatic heterocycles. The number of hydrogen-bond acceptors (Lipinski definition) is 3. The first-order valence-electron chi connectivity index (χ1n) is 7.27. The molecule has 0 radical (unpaired) electrons. The third-order valence-electron chi connectivity index (χ3n) is 4.51. The molecular weight excluding hydrogens is 244 g/mol. The van der Waals surface area contributed by atoms with Gasteiger partial charge in [0.25, 0.3) is 0 Å². The van der Waals surface area contributed by atoms with Crippen LogP contribution in [0.3, 0.4) is 0 Å². The van der Waals surface area contributed by atoms with Gasteiger partial charge in [-0.25, -0.2) is 0 Å². The minimum Gasteiger partial charge on any atom is -0.481 e. The third kappa shape index (κ3) is 3.93. The molecule has 0 saturated carbocycles. The fourth-order valence-electron chi connectivity index (χ4n) is 3.16. The van der Waals surface area contributed by atoms with Crippen LogP contribution in [0.25, 0.3) is 0 Å². The van der Waals surface area contributed by atoms with Gasteiger partial charge in [-0.2, -0.15) is 0 Å². The van der Waals surface area contributed by atoms with Crippen molar-refractivity contribution in [1.82, 2.24) is 9.80 Å². The second-order valence-electron chi connectivity index (χ2n) is 5.86. The van der Waals surface area contributed by atoms with Crippen LogP contribution in [-0.4, -0.2) is 59.5 Å². The number of rotatable bonds is 3. The minimum atomic E-state index is -0.644. The summed E-state index contributed by atoms with van der Waals surface area (Å²) in [5, 5.41) is 8.97. The van der Waals surface area contributed by atoms with E-state index in [1.54, 1.807) is 6.92 Å². The average Bonchev–Trinajstić information content (AvgIpc) is 2.40. The Hall–Kier alpha value is -1.10. The summed E-state index contributed by atoms with van der Waals surface area (Å²) >= 11 is 0. The number of likely N-dealkylation sites (tertiary alicyclic amines) is 2. The highest BCUT2D eigenvalue weighted by Crippen LogP contribution is 2.22. The first-order chi connectivity index (χ1) is 9.06. The maximum atomic E-state index is 11.3. The van der Waals surface area contributed by atoms with Crippen LogP contribution in [0.4, 0.5) is 0 Å². The van der Waals surface area contributed by atoms with Crippen molar-refractivity contribution in [3.05, 3.63) is 0 Å². The van der Waals surface area contributed by atoms with Gasteiger partial charge in [0.2, 0.25) is 5.91 Å². The number of piperidine rings is 2. The quantitative estimate of drug-likeness (QED) is 0.831. The highest BCUT2D eigenvalue weighted by molar-refractivity contribution is 5.73. The van der Waals surface area contributed by atoms with Gasteiger partial charge in [0, 0.05) is 26.6 Å². The maximum Gasteiger partial charge on any atom is 0.306 e. The van der Waals surface area contributed by atoms with Crippen molar-refractivity contribution in [3.63, 3.8) is 0 Å². The number of carboxylic acids is 1. The van der Waals surface area contributed by atoms with Gasteiger partial charge in [0.1, 0.15) is 0 Å². The van der Waals surface area contributed by atoms with E-state index in [1.165, 1.54) is 0 Å². The number of carbonyl (C=O) groups is 2. The third-order valence-corrected chi connectivity index (χ3v) is 4.51. The Morgan fingerprint density at radius 2 is 1.63 bits per heavy atom. The average molecular weight is 268 g/mol. The van der Waals surface area contributed by atoms with E-state index in [9.17, 15) is 9.59 Å². The minimum absolute atomic E-state index is 0.143. The SMILES string of the molecule is CC(=O)N1CCC(CN2CCC(C(=O)O)CC2)CC1. The van der Waals surface area contributed by atoms with Crippen LogP contribution in [0.2, 0.25) is 0 Å². The molecule has 0 aromatic rings. The first-order valence-corrected chi connectivity index (χ1v) is 7.27. The van der Waals surface area contributed by atoms with Crippen molar-refractivity contribution in [1.29, 1.82) is 0 Å². The van der Waals surface area contributed by atoms with Crippen molar-refractivity contribution in [2.75, 3.05) is 32.7 Å². The van der Waals surface area contributed by atoms with Crippen LogP contribution in [0.15, 0.2) is 0 Å². The Kier molecular flexibility index (Phi) is 4.80. The molecule has 0 bridgehead atoms. The zero-order valence-corrected chi connectivity index (χ0v) is 11.7. The lowest BCUT2D eigenvalue weighted by Crippen LogP contribution is -2.43. The number of carboxylic acid groups (broad SMARTS) is 1. The Bertz CT molecular complexity index is 298. The maximum absolute atomic E-state index is 11.3. The monoisotopic (exact) mass is 268 g/mol. The van der Waals surface area contributed by atoms with Crippen LogP contribution in [0, 0.1) is 11.8 Å². The molecule has 2 aliphatic rings. The fraction of sp³-hybridized carbons (Fsp3) is 0.857. The van der Waals surface area contributed by atoms with E-state index >= 15 is 0 Å². The van der Waals surface area contributed by atoms with Gasteiger partial charge in [-0.1, -0.05) is 0 Å². The molecule has 2 rings (SSSR count). The summed E-state index contributed by atoms with van der Waals surface area (Å²) in [5.74, 6) is 0.0583. The van der Waals surface area contributed by atoms with Crippen molar-refractivity contribution in [3.8, 4) is 0 Å². The van der Waals surface area contributed by atoms with E-state index in [0.29, 0.717) is 5.92 Å². The Morgan fingerprint density at radius 1 is 1.05 bits per heavy atom. The van der Waals surface area contributed by atoms with E-state index in [4.69, 9.17) is 5.11 Å². The molecule has 2 saturated heterocycles. The van der Waals surface area contributed by atoms with Gasteiger partial charge in [-0.15, -0.1) is 0 Å². The first kappa shape index (κ1) is 14.3. The van der Waals surface area contributed by atoms with Gasteiger partial charge in [0.05, 0.1) is 5.92 Å². The summed E-state index contributed by atoms with van der Waals surface area (Å²) in [5.41, 5.74) is 0. The van der Waals surface area contributed by atoms with Gasteiger partial charge in [0.15, 0.2) is 0 Å². The standard InChI is InChI=1S/C14H24N2O3/c1-11(17)16-8-2-12(3-9-16)10-15-6-4-13(5-7-15)14(18)19/h12-13H,2-10H2,1H3,(H,18,19). The topological polar surface area (TPSA) is 60.9 Å². The Labute approximate surface area is 114 Å². The van der Waals surface area contributed by atoms with E-state index in [1.807, 2.05) is 4.90 Å². The molecule has 0 aliphatic carbocycles. The molecule has 0 spiro atoms. The predicted molar refractivity (Wildman–Crippen MR) is 71.8 cm³/mol. The van der Waals surface area contributed by atoms with Crippen molar-refractivity contribution in [2.45, 2.75) is 32.6 Å². The number of carbonyl (C=O) groups excluding carboxylic acids is 1. The van der Waals surface area contributed by atoms with Gasteiger partial charge >= 0.3 is 5.97 Å². The smallest absolute Gasteiger partial charge is 0.306 e. The lowest BCUT2D eigenvalue weighted by Gasteiger charge is -2.36. The fourth-order valence-corrected chi connectivity index (χ4v) is 3.16. The molecule has 1 N–H and O–H groups in total. The molecule has 2 fully saturated rings. The number of hydrogen-bond donors (Lipinski definition) is 1. The summed E-state index contributed by atoms with van der Waals surface area (Å²) in [6, 6.07) is 0. The normalized spacial score (nSPS) is 23.5. The van der Waals surface area contributed by atoms with Gasteiger partial charge in [-0.3, -0.25) is 9.59 Å². The van der Waals surface area contributed by atoms with Crippen LogP contribution in [0.5, 0.6) is 0 Å². The molecular formula is C14H24N2O3. The van der Waals surface area contributed by atoms with Gasteiger partial charge < -0.3 is 14.9 Å². The van der Waals surface area contributed by atoms with E-state index in [-0.39, 0.29) is 11.8 Å².